The van der Waals surface area contributed by atoms with Gasteiger partial charge >= 0.3 is 0 Å². The van der Waals surface area contributed by atoms with E-state index >= 15 is 0 Å². The molecule has 108 valence electrons. The van der Waals surface area contributed by atoms with Crippen molar-refractivity contribution in [2.75, 3.05) is 0 Å². The first-order valence-electron chi connectivity index (χ1n) is 7.53. The smallest absolute Gasteiger partial charge is 0.120 e. The zero-order chi connectivity index (χ0) is 14.3. The topological polar surface area (TPSA) is 29.5 Å². The maximum Gasteiger partial charge on any atom is 0.120 e. The molecular formula is C17H28O2. The summed E-state index contributed by atoms with van der Waals surface area (Å²) in [7, 11) is 0. The van der Waals surface area contributed by atoms with E-state index in [9.17, 15) is 5.11 Å². The van der Waals surface area contributed by atoms with Gasteiger partial charge in [0.1, 0.15) is 5.75 Å². The van der Waals surface area contributed by atoms with Crippen LogP contribution in [-0.2, 0) is 0 Å². The van der Waals surface area contributed by atoms with Gasteiger partial charge in [0.05, 0.1) is 12.2 Å². The minimum absolute atomic E-state index is 0.162. The molecule has 0 spiro atoms. The van der Waals surface area contributed by atoms with Crippen molar-refractivity contribution in [1.82, 2.24) is 0 Å². The molecule has 0 aliphatic rings. The summed E-state index contributed by atoms with van der Waals surface area (Å²) >= 11 is 0. The van der Waals surface area contributed by atoms with Crippen LogP contribution in [0.4, 0.5) is 0 Å². The van der Waals surface area contributed by atoms with Crippen molar-refractivity contribution in [3.05, 3.63) is 29.8 Å². The molecule has 1 unspecified atom stereocenters. The van der Waals surface area contributed by atoms with Crippen molar-refractivity contribution in [2.24, 2.45) is 5.92 Å². The lowest BCUT2D eigenvalue weighted by molar-refractivity contribution is 0.0960. The van der Waals surface area contributed by atoms with Crippen molar-refractivity contribution in [1.29, 1.82) is 0 Å². The Labute approximate surface area is 117 Å². The van der Waals surface area contributed by atoms with Crippen LogP contribution in [0.2, 0.25) is 0 Å². The number of ether oxygens (including phenoxy) is 1. The van der Waals surface area contributed by atoms with Crippen LogP contribution in [-0.4, -0.2) is 11.2 Å². The van der Waals surface area contributed by atoms with Gasteiger partial charge in [-0.15, -0.1) is 0 Å². The van der Waals surface area contributed by atoms with Gasteiger partial charge in [-0.25, -0.2) is 0 Å². The second-order valence-electron chi connectivity index (χ2n) is 5.52. The number of hydrogen-bond donors (Lipinski definition) is 1. The van der Waals surface area contributed by atoms with E-state index in [0.29, 0.717) is 5.92 Å². The molecule has 0 aliphatic carbocycles. The summed E-state index contributed by atoms with van der Waals surface area (Å²) in [5.74, 6) is 1.20. The highest BCUT2D eigenvalue weighted by atomic mass is 16.5. The Morgan fingerprint density at radius 2 is 1.74 bits per heavy atom. The lowest BCUT2D eigenvalue weighted by atomic mass is 9.88. The third-order valence-corrected chi connectivity index (χ3v) is 3.34. The van der Waals surface area contributed by atoms with Crippen LogP contribution in [0.1, 0.15) is 65.0 Å². The quantitative estimate of drug-likeness (QED) is 0.736. The van der Waals surface area contributed by atoms with Gasteiger partial charge in [0.2, 0.25) is 0 Å². The van der Waals surface area contributed by atoms with E-state index in [0.717, 1.165) is 37.0 Å². The molecule has 2 heteroatoms. The second-order valence-corrected chi connectivity index (χ2v) is 5.52. The normalized spacial score (nSPS) is 13.0. The molecule has 19 heavy (non-hydrogen) atoms. The first kappa shape index (κ1) is 16.0. The van der Waals surface area contributed by atoms with Crippen LogP contribution in [0, 0.1) is 5.92 Å². The van der Waals surface area contributed by atoms with Gasteiger partial charge in [-0.3, -0.25) is 0 Å². The Morgan fingerprint density at radius 3 is 2.26 bits per heavy atom. The maximum atomic E-state index is 10.5. The molecule has 0 aliphatic heterocycles. The lowest BCUT2D eigenvalue weighted by Gasteiger charge is -2.23. The molecule has 2 nitrogen and oxygen atoms in total. The van der Waals surface area contributed by atoms with Crippen LogP contribution < -0.4 is 4.74 Å². The fourth-order valence-corrected chi connectivity index (χ4v) is 2.52. The van der Waals surface area contributed by atoms with Gasteiger partial charge in [-0.2, -0.15) is 0 Å². The standard InChI is InChI=1S/C17H28O2/c1-5-8-14(9-6-2)17(18)15-10-7-11-16(12-15)19-13(3)4/h7,10-14,17-18H,5-6,8-9H2,1-4H3. The Morgan fingerprint density at radius 1 is 1.11 bits per heavy atom. The molecule has 0 fully saturated rings. The maximum absolute atomic E-state index is 10.5. The summed E-state index contributed by atoms with van der Waals surface area (Å²) in [6.45, 7) is 8.38. The fraction of sp³-hybridized carbons (Fsp3) is 0.647. The summed E-state index contributed by atoms with van der Waals surface area (Å²) in [5.41, 5.74) is 0.977. The van der Waals surface area contributed by atoms with Crippen molar-refractivity contribution < 1.29 is 9.84 Å². The third-order valence-electron chi connectivity index (χ3n) is 3.34. The van der Waals surface area contributed by atoms with E-state index < -0.39 is 0 Å². The van der Waals surface area contributed by atoms with E-state index in [1.165, 1.54) is 0 Å². The average molecular weight is 264 g/mol. The minimum Gasteiger partial charge on any atom is -0.491 e. The number of aliphatic hydroxyl groups is 1. The second kappa shape index (κ2) is 8.21. The van der Waals surface area contributed by atoms with Crippen molar-refractivity contribution in [2.45, 2.75) is 65.6 Å². The fourth-order valence-electron chi connectivity index (χ4n) is 2.52. The van der Waals surface area contributed by atoms with E-state index in [1.54, 1.807) is 0 Å². The lowest BCUT2D eigenvalue weighted by Crippen LogP contribution is -2.13. The van der Waals surface area contributed by atoms with Crippen LogP contribution in [0.3, 0.4) is 0 Å². The predicted octanol–water partition coefficient (Wildman–Crippen LogP) is 4.72. The number of aliphatic hydroxyl groups excluding tert-OH is 1. The molecule has 0 saturated carbocycles. The van der Waals surface area contributed by atoms with Crippen LogP contribution >= 0.6 is 0 Å². The number of hydrogen-bond acceptors (Lipinski definition) is 2. The highest BCUT2D eigenvalue weighted by Gasteiger charge is 2.19. The Kier molecular flexibility index (Phi) is 6.93. The molecule has 1 aromatic carbocycles. The third kappa shape index (κ3) is 5.23. The molecule has 0 radical (unpaired) electrons. The van der Waals surface area contributed by atoms with Gasteiger partial charge in [0.25, 0.3) is 0 Å². The largest absolute Gasteiger partial charge is 0.491 e. The first-order chi connectivity index (χ1) is 9.08. The summed E-state index contributed by atoms with van der Waals surface area (Å²) in [6, 6.07) is 7.88. The summed E-state index contributed by atoms with van der Waals surface area (Å²) < 4.78 is 5.69. The summed E-state index contributed by atoms with van der Waals surface area (Å²) in [6.07, 6.45) is 4.16. The molecule has 1 atom stereocenters. The van der Waals surface area contributed by atoms with Gasteiger partial charge in [0, 0.05) is 0 Å². The first-order valence-corrected chi connectivity index (χ1v) is 7.53. The molecule has 0 aromatic heterocycles. The Balaban J connectivity index is 2.81. The SMILES string of the molecule is CCCC(CCC)C(O)c1cccc(OC(C)C)c1. The molecule has 0 heterocycles. The minimum atomic E-state index is -0.379. The summed E-state index contributed by atoms with van der Waals surface area (Å²) in [5, 5.41) is 10.5. The van der Waals surface area contributed by atoms with Gasteiger partial charge in [-0.05, 0) is 50.3 Å². The predicted molar refractivity (Wildman–Crippen MR) is 80.5 cm³/mol. The molecule has 0 bridgehead atoms. The van der Waals surface area contributed by atoms with E-state index in [2.05, 4.69) is 13.8 Å². The van der Waals surface area contributed by atoms with Crippen LogP contribution in [0.25, 0.3) is 0 Å². The Bertz CT molecular complexity index is 354. The zero-order valence-corrected chi connectivity index (χ0v) is 12.7. The van der Waals surface area contributed by atoms with Crippen molar-refractivity contribution in [3.8, 4) is 5.75 Å². The van der Waals surface area contributed by atoms with E-state index in [4.69, 9.17) is 4.74 Å². The molecule has 1 aromatic rings. The number of benzene rings is 1. The Hall–Kier alpha value is -1.02. The molecule has 0 saturated heterocycles. The van der Waals surface area contributed by atoms with Crippen molar-refractivity contribution >= 4 is 0 Å². The van der Waals surface area contributed by atoms with Gasteiger partial charge in [0.15, 0.2) is 0 Å². The van der Waals surface area contributed by atoms with Crippen LogP contribution in [0.5, 0.6) is 5.75 Å². The molecule has 1 rings (SSSR count). The highest BCUT2D eigenvalue weighted by Crippen LogP contribution is 2.31. The zero-order valence-electron chi connectivity index (χ0n) is 12.7. The van der Waals surface area contributed by atoms with Gasteiger partial charge < -0.3 is 9.84 Å². The molecule has 0 amide bonds. The molecular weight excluding hydrogens is 236 g/mol. The van der Waals surface area contributed by atoms with Gasteiger partial charge in [-0.1, -0.05) is 38.8 Å². The van der Waals surface area contributed by atoms with Crippen molar-refractivity contribution in [3.63, 3.8) is 0 Å². The van der Waals surface area contributed by atoms with E-state index in [-0.39, 0.29) is 12.2 Å². The number of rotatable bonds is 8. The molecule has 1 N–H and O–H groups in total. The summed E-state index contributed by atoms with van der Waals surface area (Å²) in [4.78, 5) is 0. The average Bonchev–Trinajstić information content (AvgIpc) is 2.37. The monoisotopic (exact) mass is 264 g/mol. The van der Waals surface area contributed by atoms with Crippen LogP contribution in [0.15, 0.2) is 24.3 Å². The van der Waals surface area contributed by atoms with E-state index in [1.807, 2.05) is 38.1 Å². The highest BCUT2D eigenvalue weighted by molar-refractivity contribution is 5.30.